The van der Waals surface area contributed by atoms with Gasteiger partial charge >= 0.3 is 12.0 Å². The van der Waals surface area contributed by atoms with Crippen LogP contribution in [0.25, 0.3) is 0 Å². The van der Waals surface area contributed by atoms with Gasteiger partial charge in [0.15, 0.2) is 0 Å². The highest BCUT2D eigenvalue weighted by Gasteiger charge is 2.38. The molecule has 0 bridgehead atoms. The van der Waals surface area contributed by atoms with Gasteiger partial charge < -0.3 is 20.4 Å². The number of nitrogens with zero attached hydrogens (tertiary/aromatic N) is 1. The number of aliphatic hydroxyl groups excluding tert-OH is 1. The third kappa shape index (κ3) is 3.62. The van der Waals surface area contributed by atoms with Gasteiger partial charge in [0, 0.05) is 13.6 Å². The van der Waals surface area contributed by atoms with Gasteiger partial charge in [-0.3, -0.25) is 4.79 Å². The maximum atomic E-state index is 12.2. The summed E-state index contributed by atoms with van der Waals surface area (Å²) < 4.78 is 0. The van der Waals surface area contributed by atoms with Crippen LogP contribution < -0.4 is 5.32 Å². The lowest BCUT2D eigenvalue weighted by atomic mass is 9.82. The molecule has 2 rings (SSSR count). The Labute approximate surface area is 119 Å². The van der Waals surface area contributed by atoms with Crippen molar-refractivity contribution in [1.29, 1.82) is 0 Å². The molecule has 20 heavy (non-hydrogen) atoms. The predicted octanol–water partition coefficient (Wildman–Crippen LogP) is 1.19. The van der Waals surface area contributed by atoms with Crippen molar-refractivity contribution in [3.8, 4) is 0 Å². The summed E-state index contributed by atoms with van der Waals surface area (Å²) in [5.74, 6) is -0.503. The normalized spacial score (nSPS) is 27.7. The number of aliphatic carboxylic acids is 1. The molecule has 0 atom stereocenters. The van der Waals surface area contributed by atoms with E-state index in [2.05, 4.69) is 5.32 Å². The fourth-order valence-corrected chi connectivity index (χ4v) is 3.33. The van der Waals surface area contributed by atoms with Gasteiger partial charge in [0.05, 0.1) is 18.1 Å². The Kier molecular flexibility index (Phi) is 4.52. The molecule has 0 aromatic carbocycles. The number of amides is 2. The zero-order chi connectivity index (χ0) is 14.8. The van der Waals surface area contributed by atoms with Crippen molar-refractivity contribution in [2.75, 3.05) is 13.6 Å². The zero-order valence-electron chi connectivity index (χ0n) is 12.0. The SMILES string of the molecule is CN(CC1CC(O)C1)C(=O)NC1(CC(=O)O)CCCC1. The minimum Gasteiger partial charge on any atom is -0.481 e. The number of carbonyl (C=O) groups excluding carboxylic acids is 1. The molecule has 114 valence electrons. The molecule has 0 saturated heterocycles. The highest BCUT2D eigenvalue weighted by atomic mass is 16.4. The summed E-state index contributed by atoms with van der Waals surface area (Å²) in [6.45, 7) is 0.617. The van der Waals surface area contributed by atoms with Gasteiger partial charge in [-0.2, -0.15) is 0 Å². The van der Waals surface area contributed by atoms with Gasteiger partial charge in [-0.05, 0) is 31.6 Å². The Morgan fingerprint density at radius 3 is 2.40 bits per heavy atom. The molecule has 0 unspecified atom stereocenters. The van der Waals surface area contributed by atoms with Gasteiger partial charge in [-0.1, -0.05) is 12.8 Å². The molecule has 2 saturated carbocycles. The predicted molar refractivity (Wildman–Crippen MR) is 73.3 cm³/mol. The molecule has 2 aliphatic rings. The second-order valence-electron chi connectivity index (χ2n) is 6.36. The molecule has 2 aliphatic carbocycles. The minimum atomic E-state index is -0.864. The van der Waals surface area contributed by atoms with E-state index in [0.717, 1.165) is 38.5 Å². The van der Waals surface area contributed by atoms with E-state index in [1.165, 1.54) is 0 Å². The van der Waals surface area contributed by atoms with Crippen molar-refractivity contribution >= 4 is 12.0 Å². The van der Waals surface area contributed by atoms with E-state index in [9.17, 15) is 14.7 Å². The van der Waals surface area contributed by atoms with Crippen molar-refractivity contribution in [2.24, 2.45) is 5.92 Å². The number of hydrogen-bond acceptors (Lipinski definition) is 3. The van der Waals surface area contributed by atoms with E-state index in [1.807, 2.05) is 0 Å². The first-order valence-corrected chi connectivity index (χ1v) is 7.33. The summed E-state index contributed by atoms with van der Waals surface area (Å²) in [4.78, 5) is 24.8. The molecular weight excluding hydrogens is 260 g/mol. The lowest BCUT2D eigenvalue weighted by Gasteiger charge is -2.36. The monoisotopic (exact) mass is 284 g/mol. The molecule has 6 heteroatoms. The van der Waals surface area contributed by atoms with Crippen LogP contribution in [0.2, 0.25) is 0 Å². The molecule has 3 N–H and O–H groups in total. The first-order chi connectivity index (χ1) is 9.40. The number of hydrogen-bond donors (Lipinski definition) is 3. The number of aliphatic hydroxyl groups is 1. The molecule has 2 fully saturated rings. The van der Waals surface area contributed by atoms with Crippen molar-refractivity contribution in [1.82, 2.24) is 10.2 Å². The smallest absolute Gasteiger partial charge is 0.317 e. The Morgan fingerprint density at radius 2 is 1.90 bits per heavy atom. The van der Waals surface area contributed by atoms with E-state index in [-0.39, 0.29) is 18.6 Å². The second-order valence-corrected chi connectivity index (χ2v) is 6.36. The highest BCUT2D eigenvalue weighted by Crippen LogP contribution is 2.33. The van der Waals surface area contributed by atoms with E-state index in [0.29, 0.717) is 12.5 Å². The Hall–Kier alpha value is -1.30. The molecule has 0 aromatic rings. The van der Waals surface area contributed by atoms with Crippen molar-refractivity contribution < 1.29 is 19.8 Å². The van der Waals surface area contributed by atoms with Crippen LogP contribution in [0.3, 0.4) is 0 Å². The molecule has 6 nitrogen and oxygen atoms in total. The molecule has 0 aromatic heterocycles. The molecule has 0 spiro atoms. The maximum Gasteiger partial charge on any atom is 0.317 e. The van der Waals surface area contributed by atoms with E-state index in [1.54, 1.807) is 11.9 Å². The van der Waals surface area contributed by atoms with Crippen LogP contribution in [0.1, 0.15) is 44.9 Å². The fraction of sp³-hybridized carbons (Fsp3) is 0.857. The van der Waals surface area contributed by atoms with Crippen LogP contribution in [0, 0.1) is 5.92 Å². The van der Waals surface area contributed by atoms with Gasteiger partial charge in [-0.15, -0.1) is 0 Å². The Bertz CT molecular complexity index is 373. The summed E-state index contributed by atoms with van der Waals surface area (Å²) >= 11 is 0. The molecule has 2 amide bonds. The van der Waals surface area contributed by atoms with Crippen LogP contribution in [-0.4, -0.2) is 52.3 Å². The second kappa shape index (κ2) is 5.99. The maximum absolute atomic E-state index is 12.2. The van der Waals surface area contributed by atoms with E-state index in [4.69, 9.17) is 5.11 Å². The first kappa shape index (κ1) is 15.1. The van der Waals surface area contributed by atoms with E-state index >= 15 is 0 Å². The summed E-state index contributed by atoms with van der Waals surface area (Å²) in [7, 11) is 1.73. The van der Waals surface area contributed by atoms with Crippen LogP contribution >= 0.6 is 0 Å². The molecule has 0 radical (unpaired) electrons. The zero-order valence-corrected chi connectivity index (χ0v) is 12.0. The van der Waals surface area contributed by atoms with Crippen molar-refractivity contribution in [3.63, 3.8) is 0 Å². The third-order valence-electron chi connectivity index (χ3n) is 4.51. The summed E-state index contributed by atoms with van der Waals surface area (Å²) in [6, 6.07) is -0.200. The minimum absolute atomic E-state index is 0.00524. The number of carboxylic acid groups (broad SMARTS) is 1. The fourth-order valence-electron chi connectivity index (χ4n) is 3.33. The summed E-state index contributed by atoms with van der Waals surface area (Å²) in [6.07, 6.45) is 4.68. The average molecular weight is 284 g/mol. The van der Waals surface area contributed by atoms with Gasteiger partial charge in [0.1, 0.15) is 0 Å². The molecular formula is C14H24N2O4. The quantitative estimate of drug-likeness (QED) is 0.707. The lowest BCUT2D eigenvalue weighted by molar-refractivity contribution is -0.138. The lowest BCUT2D eigenvalue weighted by Crippen LogP contribution is -2.53. The number of urea groups is 1. The van der Waals surface area contributed by atoms with Crippen molar-refractivity contribution in [2.45, 2.75) is 56.6 Å². The first-order valence-electron chi connectivity index (χ1n) is 7.33. The van der Waals surface area contributed by atoms with Gasteiger partial charge in [0.2, 0.25) is 0 Å². The van der Waals surface area contributed by atoms with Crippen LogP contribution in [-0.2, 0) is 4.79 Å². The Balaban J connectivity index is 1.86. The highest BCUT2D eigenvalue weighted by molar-refractivity contribution is 5.76. The van der Waals surface area contributed by atoms with Crippen LogP contribution in [0.15, 0.2) is 0 Å². The number of carboxylic acids is 1. The third-order valence-corrected chi connectivity index (χ3v) is 4.51. The Morgan fingerprint density at radius 1 is 1.30 bits per heavy atom. The number of carbonyl (C=O) groups is 2. The van der Waals surface area contributed by atoms with Crippen molar-refractivity contribution in [3.05, 3.63) is 0 Å². The summed E-state index contributed by atoms with van der Waals surface area (Å²) in [5, 5.41) is 21.2. The average Bonchev–Trinajstić information content (AvgIpc) is 2.74. The largest absolute Gasteiger partial charge is 0.481 e. The molecule has 0 heterocycles. The topological polar surface area (TPSA) is 89.9 Å². The van der Waals surface area contributed by atoms with Crippen LogP contribution in [0.4, 0.5) is 4.79 Å². The van der Waals surface area contributed by atoms with Crippen LogP contribution in [0.5, 0.6) is 0 Å². The molecule has 0 aliphatic heterocycles. The standard InChI is InChI=1S/C14H24N2O4/c1-16(9-10-6-11(17)7-10)13(20)15-14(8-12(18)19)4-2-3-5-14/h10-11,17H,2-9H2,1H3,(H,15,20)(H,18,19). The number of rotatable bonds is 5. The van der Waals surface area contributed by atoms with E-state index < -0.39 is 11.5 Å². The van der Waals surface area contributed by atoms with Gasteiger partial charge in [-0.25, -0.2) is 4.79 Å². The van der Waals surface area contributed by atoms with Gasteiger partial charge in [0.25, 0.3) is 0 Å². The number of nitrogens with one attached hydrogen (secondary N) is 1. The summed E-state index contributed by atoms with van der Waals surface area (Å²) in [5.41, 5.74) is -0.573.